The topological polar surface area (TPSA) is 98.2 Å². The maximum absolute atomic E-state index is 11.8. The third-order valence-electron chi connectivity index (χ3n) is 3.79. The summed E-state index contributed by atoms with van der Waals surface area (Å²) in [6, 6.07) is -0.651. The average molecular weight is 241 g/mol. The lowest BCUT2D eigenvalue weighted by atomic mass is 9.78. The first-order valence-electron chi connectivity index (χ1n) is 6.26. The van der Waals surface area contributed by atoms with E-state index in [1.807, 2.05) is 0 Å². The molecule has 0 aromatic carbocycles. The fraction of sp³-hybridized carbons (Fsp3) is 0.833. The van der Waals surface area contributed by atoms with Crippen molar-refractivity contribution in [3.05, 3.63) is 0 Å². The summed E-state index contributed by atoms with van der Waals surface area (Å²) in [5.74, 6) is 0.252. The summed E-state index contributed by atoms with van der Waals surface area (Å²) in [7, 11) is 0. The number of carbonyl (C=O) groups is 2. The van der Waals surface area contributed by atoms with Gasteiger partial charge in [0.05, 0.1) is 12.5 Å². The molecule has 4 atom stereocenters. The van der Waals surface area contributed by atoms with Gasteiger partial charge in [-0.3, -0.25) is 9.59 Å². The first kappa shape index (κ1) is 14.0. The molecule has 1 saturated carbocycles. The minimum Gasteiger partial charge on any atom is -0.370 e. The van der Waals surface area contributed by atoms with Gasteiger partial charge < -0.3 is 16.8 Å². The van der Waals surface area contributed by atoms with Crippen LogP contribution in [0.25, 0.3) is 0 Å². The van der Waals surface area contributed by atoms with Crippen LogP contribution in [0.1, 0.15) is 39.5 Å². The Morgan fingerprint density at radius 2 is 2.00 bits per heavy atom. The average Bonchev–Trinajstić information content (AvgIpc) is 2.23. The molecule has 5 N–H and O–H groups in total. The molecule has 17 heavy (non-hydrogen) atoms. The smallest absolute Gasteiger partial charge is 0.237 e. The van der Waals surface area contributed by atoms with E-state index in [0.717, 1.165) is 12.8 Å². The number of nitrogens with two attached hydrogens (primary N) is 2. The van der Waals surface area contributed by atoms with E-state index in [-0.39, 0.29) is 18.4 Å². The molecule has 0 spiro atoms. The quantitative estimate of drug-likeness (QED) is 0.652. The van der Waals surface area contributed by atoms with Crippen molar-refractivity contribution in [2.75, 3.05) is 0 Å². The second-order valence-corrected chi connectivity index (χ2v) is 5.16. The maximum atomic E-state index is 11.8. The molecule has 0 heterocycles. The highest BCUT2D eigenvalue weighted by molar-refractivity contribution is 5.87. The van der Waals surface area contributed by atoms with Crippen molar-refractivity contribution >= 4 is 11.8 Å². The van der Waals surface area contributed by atoms with E-state index in [9.17, 15) is 9.59 Å². The zero-order valence-electron chi connectivity index (χ0n) is 10.6. The van der Waals surface area contributed by atoms with Crippen LogP contribution < -0.4 is 16.8 Å². The van der Waals surface area contributed by atoms with Crippen LogP contribution in [0.2, 0.25) is 0 Å². The number of rotatable bonds is 4. The molecule has 0 bridgehead atoms. The highest BCUT2D eigenvalue weighted by atomic mass is 16.2. The molecule has 1 aliphatic rings. The third kappa shape index (κ3) is 4.00. The van der Waals surface area contributed by atoms with Crippen molar-refractivity contribution in [1.29, 1.82) is 0 Å². The molecule has 2 amide bonds. The van der Waals surface area contributed by atoms with Gasteiger partial charge >= 0.3 is 0 Å². The molecule has 1 aliphatic carbocycles. The van der Waals surface area contributed by atoms with Gasteiger partial charge in [-0.2, -0.15) is 0 Å². The van der Waals surface area contributed by atoms with E-state index in [1.165, 1.54) is 6.42 Å². The number of primary amides is 1. The van der Waals surface area contributed by atoms with Crippen molar-refractivity contribution in [1.82, 2.24) is 5.32 Å². The number of hydrogen-bond acceptors (Lipinski definition) is 3. The summed E-state index contributed by atoms with van der Waals surface area (Å²) in [6.07, 6.45) is 3.23. The predicted octanol–water partition coefficient (Wildman–Crippen LogP) is 0.130. The molecule has 0 saturated heterocycles. The zero-order valence-corrected chi connectivity index (χ0v) is 10.6. The van der Waals surface area contributed by atoms with Crippen molar-refractivity contribution in [2.45, 2.75) is 51.6 Å². The SMILES string of the molecule is CC1CCCC(NC(=O)C(N)CC(N)=O)C1C. The van der Waals surface area contributed by atoms with Gasteiger partial charge in [0.2, 0.25) is 11.8 Å². The van der Waals surface area contributed by atoms with Crippen LogP contribution >= 0.6 is 0 Å². The molecule has 4 unspecified atom stereocenters. The van der Waals surface area contributed by atoms with Crippen LogP contribution in [-0.4, -0.2) is 23.9 Å². The van der Waals surface area contributed by atoms with Gasteiger partial charge in [-0.15, -0.1) is 0 Å². The minimum absolute atomic E-state index is 0.0948. The van der Waals surface area contributed by atoms with E-state index >= 15 is 0 Å². The van der Waals surface area contributed by atoms with Crippen LogP contribution in [0.4, 0.5) is 0 Å². The van der Waals surface area contributed by atoms with Crippen molar-refractivity contribution < 1.29 is 9.59 Å². The van der Waals surface area contributed by atoms with E-state index in [2.05, 4.69) is 19.2 Å². The number of hydrogen-bond donors (Lipinski definition) is 3. The van der Waals surface area contributed by atoms with Gasteiger partial charge in [0, 0.05) is 6.04 Å². The molecule has 1 fully saturated rings. The van der Waals surface area contributed by atoms with E-state index < -0.39 is 11.9 Å². The monoisotopic (exact) mass is 241 g/mol. The fourth-order valence-corrected chi connectivity index (χ4v) is 2.38. The van der Waals surface area contributed by atoms with Gasteiger partial charge in [0.15, 0.2) is 0 Å². The molecule has 0 aromatic rings. The molecule has 98 valence electrons. The summed E-state index contributed by atoms with van der Waals surface area (Å²) < 4.78 is 0. The lowest BCUT2D eigenvalue weighted by Crippen LogP contribution is -2.50. The maximum Gasteiger partial charge on any atom is 0.237 e. The van der Waals surface area contributed by atoms with Crippen LogP contribution in [0.5, 0.6) is 0 Å². The third-order valence-corrected chi connectivity index (χ3v) is 3.79. The van der Waals surface area contributed by atoms with E-state index in [0.29, 0.717) is 11.8 Å². The molecule has 0 radical (unpaired) electrons. The van der Waals surface area contributed by atoms with Crippen LogP contribution in [-0.2, 0) is 9.59 Å². The van der Waals surface area contributed by atoms with Crippen LogP contribution in [0.3, 0.4) is 0 Å². The van der Waals surface area contributed by atoms with Gasteiger partial charge in [0.25, 0.3) is 0 Å². The molecule has 0 aromatic heterocycles. The Balaban J connectivity index is 2.47. The molecular formula is C12H23N3O2. The van der Waals surface area contributed by atoms with Crippen LogP contribution in [0.15, 0.2) is 0 Å². The Labute approximate surface area is 102 Å². The summed E-state index contributed by atoms with van der Waals surface area (Å²) in [4.78, 5) is 22.4. The van der Waals surface area contributed by atoms with Crippen LogP contribution in [0, 0.1) is 11.8 Å². The summed E-state index contributed by atoms with van der Waals surface area (Å²) in [5.41, 5.74) is 10.6. The lowest BCUT2D eigenvalue weighted by molar-refractivity contribution is -0.127. The number of carbonyl (C=O) groups excluding carboxylic acids is 2. The Kier molecular flexibility index (Phi) is 4.93. The minimum atomic E-state index is -0.822. The first-order valence-corrected chi connectivity index (χ1v) is 6.26. The number of amides is 2. The van der Waals surface area contributed by atoms with Crippen molar-refractivity contribution in [2.24, 2.45) is 23.3 Å². The molecular weight excluding hydrogens is 218 g/mol. The second-order valence-electron chi connectivity index (χ2n) is 5.16. The molecule has 5 nitrogen and oxygen atoms in total. The normalized spacial score (nSPS) is 30.6. The molecule has 1 rings (SSSR count). The molecule has 5 heteroatoms. The van der Waals surface area contributed by atoms with Gasteiger partial charge in [-0.05, 0) is 18.3 Å². The Bertz CT molecular complexity index is 293. The standard InChI is InChI=1S/C12H23N3O2/c1-7-4-3-5-10(8(7)2)15-12(17)9(13)6-11(14)16/h7-10H,3-6,13H2,1-2H3,(H2,14,16)(H,15,17). The fourth-order valence-electron chi connectivity index (χ4n) is 2.38. The summed E-state index contributed by atoms with van der Waals surface area (Å²) in [5, 5.41) is 2.93. The van der Waals surface area contributed by atoms with Gasteiger partial charge in [-0.1, -0.05) is 26.7 Å². The number of nitrogens with one attached hydrogen (secondary N) is 1. The zero-order chi connectivity index (χ0) is 13.0. The Morgan fingerprint density at radius 1 is 1.35 bits per heavy atom. The Hall–Kier alpha value is -1.10. The highest BCUT2D eigenvalue weighted by Gasteiger charge is 2.29. The summed E-state index contributed by atoms with van der Waals surface area (Å²) in [6.45, 7) is 4.35. The highest BCUT2D eigenvalue weighted by Crippen LogP contribution is 2.29. The Morgan fingerprint density at radius 3 is 2.59 bits per heavy atom. The van der Waals surface area contributed by atoms with Gasteiger partial charge in [0.1, 0.15) is 0 Å². The van der Waals surface area contributed by atoms with Crippen molar-refractivity contribution in [3.8, 4) is 0 Å². The van der Waals surface area contributed by atoms with E-state index in [4.69, 9.17) is 11.5 Å². The second kappa shape index (κ2) is 6.00. The molecule has 0 aliphatic heterocycles. The van der Waals surface area contributed by atoms with E-state index in [1.54, 1.807) is 0 Å². The summed E-state index contributed by atoms with van der Waals surface area (Å²) >= 11 is 0. The lowest BCUT2D eigenvalue weighted by Gasteiger charge is -2.35. The van der Waals surface area contributed by atoms with Crippen molar-refractivity contribution in [3.63, 3.8) is 0 Å². The first-order chi connectivity index (χ1) is 7.91. The van der Waals surface area contributed by atoms with Gasteiger partial charge in [-0.25, -0.2) is 0 Å². The predicted molar refractivity (Wildman–Crippen MR) is 65.9 cm³/mol. The largest absolute Gasteiger partial charge is 0.370 e.